The topological polar surface area (TPSA) is 99.8 Å². The molecule has 1 aromatic carbocycles. The molecule has 156 valence electrons. The van der Waals surface area contributed by atoms with E-state index in [1.807, 2.05) is 18.2 Å². The number of fused-ring (bicyclic) bond motifs is 1. The number of carbonyl (C=O) groups excluding carboxylic acids is 3. The quantitative estimate of drug-likeness (QED) is 0.564. The fourth-order valence-electron chi connectivity index (χ4n) is 4.62. The zero-order valence-electron chi connectivity index (χ0n) is 16.7. The van der Waals surface area contributed by atoms with Gasteiger partial charge in [0.25, 0.3) is 5.91 Å². The summed E-state index contributed by atoms with van der Waals surface area (Å²) in [5.74, 6) is -0.211. The predicted molar refractivity (Wildman–Crippen MR) is 106 cm³/mol. The minimum atomic E-state index is -0.575. The molecule has 3 aliphatic rings. The molecular formula is C21H28N4O4. The van der Waals surface area contributed by atoms with Crippen LogP contribution < -0.4 is 16.0 Å². The summed E-state index contributed by atoms with van der Waals surface area (Å²) in [4.78, 5) is 38.1. The van der Waals surface area contributed by atoms with Crippen LogP contribution in [0.25, 0.3) is 0 Å². The van der Waals surface area contributed by atoms with Crippen LogP contribution in [0.2, 0.25) is 0 Å². The van der Waals surface area contributed by atoms with E-state index in [0.717, 1.165) is 37.2 Å². The zero-order chi connectivity index (χ0) is 20.4. The van der Waals surface area contributed by atoms with Crippen molar-refractivity contribution in [1.29, 1.82) is 0 Å². The van der Waals surface area contributed by atoms with E-state index in [-0.39, 0.29) is 24.1 Å². The van der Waals surface area contributed by atoms with Crippen molar-refractivity contribution < 1.29 is 19.1 Å². The number of carbonyl (C=O) groups is 3. The summed E-state index contributed by atoms with van der Waals surface area (Å²) < 4.78 is 5.24. The third-order valence-electron chi connectivity index (χ3n) is 6.10. The fourth-order valence-corrected chi connectivity index (χ4v) is 4.62. The van der Waals surface area contributed by atoms with Gasteiger partial charge < -0.3 is 20.3 Å². The molecule has 8 heteroatoms. The Hall–Kier alpha value is -2.29. The molecule has 0 saturated carbocycles. The van der Waals surface area contributed by atoms with Gasteiger partial charge in [0.15, 0.2) is 0 Å². The maximum Gasteiger partial charge on any atom is 0.255 e. The van der Waals surface area contributed by atoms with E-state index in [2.05, 4.69) is 16.0 Å². The number of nitrogens with zero attached hydrogens (tertiary/aromatic N) is 1. The average Bonchev–Trinajstić information content (AvgIpc) is 3.28. The Bertz CT molecular complexity index is 812. The molecule has 0 aliphatic carbocycles. The predicted octanol–water partition coefficient (Wildman–Crippen LogP) is 0.162. The van der Waals surface area contributed by atoms with Gasteiger partial charge in [-0.25, -0.2) is 0 Å². The van der Waals surface area contributed by atoms with Crippen LogP contribution in [-0.4, -0.2) is 61.5 Å². The highest BCUT2D eigenvalue weighted by molar-refractivity contribution is 6.05. The van der Waals surface area contributed by atoms with Gasteiger partial charge in [0.2, 0.25) is 11.8 Å². The number of amides is 3. The van der Waals surface area contributed by atoms with Crippen LogP contribution in [0, 0.1) is 5.92 Å². The highest BCUT2D eigenvalue weighted by atomic mass is 16.5. The van der Waals surface area contributed by atoms with Crippen molar-refractivity contribution in [1.82, 2.24) is 20.9 Å². The van der Waals surface area contributed by atoms with E-state index in [1.54, 1.807) is 12.0 Å². The van der Waals surface area contributed by atoms with E-state index in [1.165, 1.54) is 0 Å². The van der Waals surface area contributed by atoms with E-state index >= 15 is 0 Å². The summed E-state index contributed by atoms with van der Waals surface area (Å²) >= 11 is 0. The fraction of sp³-hybridized carbons (Fsp3) is 0.571. The van der Waals surface area contributed by atoms with Crippen LogP contribution in [0.15, 0.2) is 18.2 Å². The third-order valence-corrected chi connectivity index (χ3v) is 6.10. The van der Waals surface area contributed by atoms with Crippen molar-refractivity contribution in [2.45, 2.75) is 44.4 Å². The first-order valence-electron chi connectivity index (χ1n) is 10.2. The van der Waals surface area contributed by atoms with Crippen molar-refractivity contribution in [2.75, 3.05) is 26.8 Å². The van der Waals surface area contributed by atoms with Crippen molar-refractivity contribution >= 4 is 17.7 Å². The monoisotopic (exact) mass is 400 g/mol. The minimum Gasteiger partial charge on any atom is -0.384 e. The van der Waals surface area contributed by atoms with E-state index in [0.29, 0.717) is 37.0 Å². The zero-order valence-corrected chi connectivity index (χ0v) is 16.7. The molecule has 3 N–H and O–H groups in total. The Morgan fingerprint density at radius 1 is 1.28 bits per heavy atom. The largest absolute Gasteiger partial charge is 0.384 e. The van der Waals surface area contributed by atoms with Crippen LogP contribution in [0.1, 0.15) is 40.7 Å². The normalized spacial score (nSPS) is 26.7. The summed E-state index contributed by atoms with van der Waals surface area (Å²) in [6, 6.07) is 5.59. The second kappa shape index (κ2) is 8.61. The van der Waals surface area contributed by atoms with Gasteiger partial charge in [0, 0.05) is 51.3 Å². The second-order valence-electron chi connectivity index (χ2n) is 8.14. The van der Waals surface area contributed by atoms with Gasteiger partial charge in [-0.3, -0.25) is 19.7 Å². The molecule has 3 amide bonds. The molecular weight excluding hydrogens is 372 g/mol. The smallest absolute Gasteiger partial charge is 0.255 e. The summed E-state index contributed by atoms with van der Waals surface area (Å²) in [5, 5.41) is 9.37. The number of ether oxygens (including phenoxy) is 1. The molecule has 3 aliphatic heterocycles. The van der Waals surface area contributed by atoms with Gasteiger partial charge in [-0.05, 0) is 36.0 Å². The molecule has 2 fully saturated rings. The molecule has 8 nitrogen and oxygen atoms in total. The number of benzene rings is 1. The SMILES string of the molecule is COC[C@@H]1CN[C@H](CNCc2cccc3c2CN(C2CCC(=O)NC2=O)C3=O)C1. The molecule has 29 heavy (non-hydrogen) atoms. The first kappa shape index (κ1) is 20.0. The lowest BCUT2D eigenvalue weighted by atomic mass is 10.0. The number of hydrogen-bond donors (Lipinski definition) is 3. The molecule has 0 radical (unpaired) electrons. The molecule has 0 spiro atoms. The standard InChI is InChI=1S/C21H28N4O4/c1-29-12-13-7-15(23-8-13)10-22-9-14-3-2-4-16-17(14)11-25(21(16)28)18-5-6-19(26)24-20(18)27/h2-4,13,15,18,22-23H,5-12H2,1H3,(H,24,26,27)/t13-,15-,18?/m0/s1. The molecule has 1 unspecified atom stereocenters. The van der Waals surface area contributed by atoms with E-state index < -0.39 is 6.04 Å². The number of methoxy groups -OCH3 is 1. The van der Waals surface area contributed by atoms with Crippen molar-refractivity contribution in [3.63, 3.8) is 0 Å². The van der Waals surface area contributed by atoms with Crippen molar-refractivity contribution in [2.24, 2.45) is 5.92 Å². The van der Waals surface area contributed by atoms with Crippen LogP contribution in [-0.2, 0) is 27.4 Å². The lowest BCUT2D eigenvalue weighted by Crippen LogP contribution is -2.52. The number of hydrogen-bond acceptors (Lipinski definition) is 6. The van der Waals surface area contributed by atoms with Crippen LogP contribution >= 0.6 is 0 Å². The molecule has 0 bridgehead atoms. The highest BCUT2D eigenvalue weighted by Crippen LogP contribution is 2.29. The Kier molecular flexibility index (Phi) is 5.94. The van der Waals surface area contributed by atoms with Gasteiger partial charge in [-0.2, -0.15) is 0 Å². The van der Waals surface area contributed by atoms with Gasteiger partial charge in [-0.15, -0.1) is 0 Å². The van der Waals surface area contributed by atoms with Crippen molar-refractivity contribution in [3.05, 3.63) is 34.9 Å². The van der Waals surface area contributed by atoms with E-state index in [9.17, 15) is 14.4 Å². The third kappa shape index (κ3) is 4.19. The average molecular weight is 400 g/mol. The van der Waals surface area contributed by atoms with Gasteiger partial charge in [0.1, 0.15) is 6.04 Å². The Morgan fingerprint density at radius 2 is 2.14 bits per heavy atom. The van der Waals surface area contributed by atoms with Crippen LogP contribution in [0.4, 0.5) is 0 Å². The lowest BCUT2D eigenvalue weighted by molar-refractivity contribution is -0.136. The minimum absolute atomic E-state index is 0.129. The number of rotatable bonds is 7. The molecule has 3 atom stereocenters. The summed E-state index contributed by atoms with van der Waals surface area (Å²) in [5.41, 5.74) is 2.72. The van der Waals surface area contributed by atoms with Gasteiger partial charge in [0.05, 0.1) is 6.61 Å². The second-order valence-corrected chi connectivity index (χ2v) is 8.14. The van der Waals surface area contributed by atoms with Crippen LogP contribution in [0.5, 0.6) is 0 Å². The van der Waals surface area contributed by atoms with Crippen molar-refractivity contribution in [3.8, 4) is 0 Å². The number of imide groups is 1. The maximum absolute atomic E-state index is 12.9. The Balaban J connectivity index is 1.37. The lowest BCUT2D eigenvalue weighted by Gasteiger charge is -2.29. The highest BCUT2D eigenvalue weighted by Gasteiger charge is 2.39. The first-order chi connectivity index (χ1) is 14.1. The molecule has 3 heterocycles. The number of nitrogens with one attached hydrogen (secondary N) is 3. The van der Waals surface area contributed by atoms with Gasteiger partial charge in [-0.1, -0.05) is 12.1 Å². The summed E-state index contributed by atoms with van der Waals surface area (Å²) in [6.07, 6.45) is 1.74. The van der Waals surface area contributed by atoms with E-state index in [4.69, 9.17) is 4.74 Å². The summed E-state index contributed by atoms with van der Waals surface area (Å²) in [7, 11) is 1.74. The molecule has 2 saturated heterocycles. The molecule has 0 aromatic heterocycles. The van der Waals surface area contributed by atoms with Crippen LogP contribution in [0.3, 0.4) is 0 Å². The molecule has 4 rings (SSSR count). The summed E-state index contributed by atoms with van der Waals surface area (Å²) in [6.45, 7) is 3.71. The molecule has 1 aromatic rings. The van der Waals surface area contributed by atoms with Gasteiger partial charge >= 0.3 is 0 Å². The maximum atomic E-state index is 12.9. The number of piperidine rings is 1. The Morgan fingerprint density at radius 3 is 2.93 bits per heavy atom. The Labute approximate surface area is 170 Å². The first-order valence-corrected chi connectivity index (χ1v) is 10.2.